The number of pyridine rings is 1. The molecule has 1 aliphatic heterocycles. The molecule has 186 valence electrons. The van der Waals surface area contributed by atoms with Gasteiger partial charge in [0.2, 0.25) is 5.91 Å². The first-order chi connectivity index (χ1) is 15.9. The molecule has 0 aliphatic carbocycles. The number of aromatic nitrogens is 1. The number of anilines is 1. The first kappa shape index (κ1) is 25.7. The number of nitrogens with zero attached hydrogens (tertiary/aromatic N) is 3. The highest BCUT2D eigenvalue weighted by Gasteiger charge is 2.46. The van der Waals surface area contributed by atoms with Crippen LogP contribution < -0.4 is 10.2 Å². The molecule has 0 bridgehead atoms. The van der Waals surface area contributed by atoms with Crippen molar-refractivity contribution in [3.05, 3.63) is 36.0 Å². The normalized spacial score (nSPS) is 17.7. The summed E-state index contributed by atoms with van der Waals surface area (Å²) >= 11 is 0. The van der Waals surface area contributed by atoms with E-state index in [2.05, 4.69) is 10.3 Å². The van der Waals surface area contributed by atoms with Crippen molar-refractivity contribution < 1.29 is 30.7 Å². The third-order valence-corrected chi connectivity index (χ3v) is 6.54. The number of fused-ring (bicyclic) bond motifs is 1. The molecule has 2 aromatic rings. The van der Waals surface area contributed by atoms with Crippen molar-refractivity contribution in [3.63, 3.8) is 0 Å². The molecule has 2 heterocycles. The zero-order valence-electron chi connectivity index (χ0n) is 18.9. The Labute approximate surface area is 196 Å². The smallest absolute Gasteiger partial charge is 0.302 e. The summed E-state index contributed by atoms with van der Waals surface area (Å²) in [6.45, 7) is -1.25. The lowest BCUT2D eigenvalue weighted by molar-refractivity contribution is -0.132. The van der Waals surface area contributed by atoms with E-state index >= 15 is 0 Å². The van der Waals surface area contributed by atoms with Gasteiger partial charge in [-0.2, -0.15) is 8.42 Å². The van der Waals surface area contributed by atoms with E-state index in [0.29, 0.717) is 16.5 Å². The van der Waals surface area contributed by atoms with Crippen LogP contribution in [0, 0.1) is 0 Å². The van der Waals surface area contributed by atoms with E-state index in [-0.39, 0.29) is 19.3 Å². The number of likely N-dealkylation sites (tertiary alicyclic amines) is 1. The summed E-state index contributed by atoms with van der Waals surface area (Å²) in [7, 11) is -0.912. The van der Waals surface area contributed by atoms with Gasteiger partial charge in [-0.3, -0.25) is 14.6 Å². The molecule has 0 saturated carbocycles. The lowest BCUT2D eigenvalue weighted by atomic mass is 10.1. The summed E-state index contributed by atoms with van der Waals surface area (Å²) in [4.78, 5) is 32.6. The van der Waals surface area contributed by atoms with Crippen molar-refractivity contribution >= 4 is 38.6 Å². The zero-order chi connectivity index (χ0) is 25.1. The molecular formula is C22H27F3N4O4S. The minimum Gasteiger partial charge on any atom is -0.378 e. The summed E-state index contributed by atoms with van der Waals surface area (Å²) < 4.78 is 61.8. The third kappa shape index (κ3) is 6.58. The fraction of sp³-hybridized carbons (Fsp3) is 0.500. The first-order valence-electron chi connectivity index (χ1n) is 10.8. The molecule has 0 radical (unpaired) electrons. The van der Waals surface area contributed by atoms with Gasteiger partial charge in [0, 0.05) is 43.8 Å². The fourth-order valence-electron chi connectivity index (χ4n) is 4.06. The maximum atomic E-state index is 14.0. The maximum Gasteiger partial charge on any atom is 0.302 e. The second-order valence-electron chi connectivity index (χ2n) is 8.61. The molecule has 1 saturated heterocycles. The number of halogens is 3. The Morgan fingerprint density at radius 1 is 1.24 bits per heavy atom. The Kier molecular flexibility index (Phi) is 7.69. The van der Waals surface area contributed by atoms with Gasteiger partial charge in [0.05, 0.1) is 29.9 Å². The lowest BCUT2D eigenvalue weighted by Crippen LogP contribution is -2.43. The Hall–Kier alpha value is -2.89. The number of benzene rings is 1. The van der Waals surface area contributed by atoms with Crippen LogP contribution in [0.2, 0.25) is 0 Å². The summed E-state index contributed by atoms with van der Waals surface area (Å²) in [5.74, 6) is -4.97. The van der Waals surface area contributed by atoms with Crippen molar-refractivity contribution in [2.75, 3.05) is 37.8 Å². The van der Waals surface area contributed by atoms with Crippen molar-refractivity contribution in [2.24, 2.45) is 0 Å². The van der Waals surface area contributed by atoms with Crippen LogP contribution in [0.25, 0.3) is 10.9 Å². The Balaban J connectivity index is 1.65. The Morgan fingerprint density at radius 3 is 2.65 bits per heavy atom. The fourth-order valence-corrected chi connectivity index (χ4v) is 4.61. The molecule has 1 fully saturated rings. The van der Waals surface area contributed by atoms with Crippen LogP contribution >= 0.6 is 0 Å². The summed E-state index contributed by atoms with van der Waals surface area (Å²) in [6, 6.07) is 6.14. The molecule has 1 aromatic heterocycles. The monoisotopic (exact) mass is 500 g/mol. The number of alkyl halides is 2. The largest absolute Gasteiger partial charge is 0.378 e. The highest BCUT2D eigenvalue weighted by Crippen LogP contribution is 2.34. The number of nitrogens with one attached hydrogen (secondary N) is 1. The minimum atomic E-state index is -4.62. The average molecular weight is 501 g/mol. The van der Waals surface area contributed by atoms with E-state index in [4.69, 9.17) is 0 Å². The molecular weight excluding hydrogens is 473 g/mol. The van der Waals surface area contributed by atoms with E-state index < -0.39 is 59.3 Å². The predicted molar refractivity (Wildman–Crippen MR) is 122 cm³/mol. The second kappa shape index (κ2) is 10.2. The van der Waals surface area contributed by atoms with Crippen LogP contribution in [-0.4, -0.2) is 75.0 Å². The highest BCUT2D eigenvalue weighted by molar-refractivity contribution is 7.86. The Bertz CT molecular complexity index is 1170. The van der Waals surface area contributed by atoms with Gasteiger partial charge in [-0.1, -0.05) is 6.42 Å². The van der Waals surface area contributed by atoms with Gasteiger partial charge in [0.25, 0.3) is 11.8 Å². The quantitative estimate of drug-likeness (QED) is 0.420. The van der Waals surface area contributed by atoms with Gasteiger partial charge in [-0.15, -0.1) is 3.89 Å². The molecule has 1 aromatic carbocycles. The van der Waals surface area contributed by atoms with Crippen LogP contribution in [0.15, 0.2) is 30.5 Å². The lowest BCUT2D eigenvalue weighted by Gasteiger charge is -2.24. The van der Waals surface area contributed by atoms with Gasteiger partial charge in [0.15, 0.2) is 0 Å². The number of hydrogen-bond donors (Lipinski definition) is 1. The van der Waals surface area contributed by atoms with Crippen molar-refractivity contribution in [2.45, 2.75) is 37.6 Å². The molecule has 12 heteroatoms. The van der Waals surface area contributed by atoms with Crippen molar-refractivity contribution in [3.8, 4) is 0 Å². The molecule has 1 N–H and O–H groups in total. The van der Waals surface area contributed by atoms with Crippen molar-refractivity contribution in [1.82, 2.24) is 15.2 Å². The molecule has 1 atom stereocenters. The summed E-state index contributed by atoms with van der Waals surface area (Å²) in [6.07, 6.45) is 1.19. The molecule has 8 nitrogen and oxygen atoms in total. The first-order valence-corrected chi connectivity index (χ1v) is 12.4. The molecule has 2 amide bonds. The van der Waals surface area contributed by atoms with E-state index in [1.807, 2.05) is 25.1 Å². The maximum absolute atomic E-state index is 14.0. The van der Waals surface area contributed by atoms with Gasteiger partial charge in [0.1, 0.15) is 0 Å². The predicted octanol–water partition coefficient (Wildman–Crippen LogP) is 2.74. The van der Waals surface area contributed by atoms with E-state index in [1.165, 1.54) is 12.3 Å². The van der Waals surface area contributed by atoms with Gasteiger partial charge in [-0.05, 0) is 37.1 Å². The van der Waals surface area contributed by atoms with E-state index in [0.717, 1.165) is 10.6 Å². The van der Waals surface area contributed by atoms with Crippen LogP contribution in [0.5, 0.6) is 0 Å². The molecule has 34 heavy (non-hydrogen) atoms. The molecule has 1 aliphatic rings. The number of carbonyl (C=O) groups is 2. The summed E-state index contributed by atoms with van der Waals surface area (Å²) in [5.41, 5.74) is 1.75. The SMILES string of the molecule is CN(C)c1ccc2nccc(C(=O)NCC(=O)N3CC(F)(F)CC3CCCCS(=O)(=O)F)c2c1. The van der Waals surface area contributed by atoms with Gasteiger partial charge >= 0.3 is 10.2 Å². The number of amides is 2. The highest BCUT2D eigenvalue weighted by atomic mass is 32.3. The Morgan fingerprint density at radius 2 is 1.97 bits per heavy atom. The number of unbranched alkanes of at least 4 members (excludes halogenated alkanes) is 1. The average Bonchev–Trinajstić information content (AvgIpc) is 3.07. The molecule has 3 rings (SSSR count). The van der Waals surface area contributed by atoms with Gasteiger partial charge in [-0.25, -0.2) is 8.78 Å². The number of carbonyl (C=O) groups excluding carboxylic acids is 2. The molecule has 0 spiro atoms. The van der Waals surface area contributed by atoms with E-state index in [9.17, 15) is 30.7 Å². The molecule has 1 unspecified atom stereocenters. The minimum absolute atomic E-state index is 0.0241. The third-order valence-electron chi connectivity index (χ3n) is 5.76. The van der Waals surface area contributed by atoms with Crippen molar-refractivity contribution in [1.29, 1.82) is 0 Å². The topological polar surface area (TPSA) is 99.7 Å². The van der Waals surface area contributed by atoms with Crippen LogP contribution in [0.3, 0.4) is 0 Å². The van der Waals surface area contributed by atoms with Crippen LogP contribution in [0.1, 0.15) is 36.0 Å². The zero-order valence-corrected chi connectivity index (χ0v) is 19.7. The van der Waals surface area contributed by atoms with Gasteiger partial charge < -0.3 is 15.1 Å². The van der Waals surface area contributed by atoms with E-state index in [1.54, 1.807) is 12.1 Å². The summed E-state index contributed by atoms with van der Waals surface area (Å²) in [5, 5.41) is 3.10. The van der Waals surface area contributed by atoms with Crippen LogP contribution in [0.4, 0.5) is 18.4 Å². The second-order valence-corrected chi connectivity index (χ2v) is 10.1. The standard InChI is InChI=1S/C22H27F3N4O4S/c1-28(2)15-6-7-19-18(11-15)17(8-9-26-19)21(31)27-13-20(30)29-14-22(23,24)12-16(29)5-3-4-10-34(25,32)33/h6-9,11,16H,3-5,10,12-14H2,1-2H3,(H,27,31). The number of rotatable bonds is 9. The van der Waals surface area contributed by atoms with Crippen LogP contribution in [-0.2, 0) is 15.0 Å². The number of hydrogen-bond acceptors (Lipinski definition) is 6.